The van der Waals surface area contributed by atoms with Crippen molar-refractivity contribution in [1.29, 1.82) is 0 Å². The summed E-state index contributed by atoms with van der Waals surface area (Å²) >= 11 is 1.81. The van der Waals surface area contributed by atoms with Crippen molar-refractivity contribution in [3.8, 4) is 0 Å². The molecule has 0 aliphatic carbocycles. The average molecular weight is 301 g/mol. The minimum atomic E-state index is -0.191. The molecule has 3 nitrogen and oxygen atoms in total. The highest BCUT2D eigenvalue weighted by molar-refractivity contribution is 7.10. The van der Waals surface area contributed by atoms with E-state index in [1.54, 1.807) is 0 Å². The van der Waals surface area contributed by atoms with Crippen LogP contribution in [0.1, 0.15) is 29.2 Å². The van der Waals surface area contributed by atoms with Gasteiger partial charge in [0.05, 0.1) is 0 Å². The molecule has 3 rings (SSSR count). The second-order valence-electron chi connectivity index (χ2n) is 5.32. The molecule has 1 fully saturated rings. The number of hydrogen-bond acceptors (Lipinski definition) is 3. The lowest BCUT2D eigenvalue weighted by Gasteiger charge is -2.30. The molecule has 2 heterocycles. The summed E-state index contributed by atoms with van der Waals surface area (Å²) in [4.78, 5) is 15.3. The van der Waals surface area contributed by atoms with E-state index in [1.807, 2.05) is 46.6 Å². The van der Waals surface area contributed by atoms with Crippen LogP contribution >= 0.6 is 11.3 Å². The van der Waals surface area contributed by atoms with E-state index in [0.29, 0.717) is 12.5 Å². The normalized spacial score (nSPS) is 15.9. The molecule has 0 unspecified atom stereocenters. The summed E-state index contributed by atoms with van der Waals surface area (Å²) in [5.41, 5.74) is 1.03. The van der Waals surface area contributed by atoms with Crippen LogP contribution in [0.5, 0.6) is 0 Å². The number of nitrogens with zero attached hydrogens (tertiary/aromatic N) is 1. The molecule has 1 amide bonds. The van der Waals surface area contributed by atoms with Gasteiger partial charge in [-0.25, -0.2) is 4.79 Å². The molecule has 1 saturated heterocycles. The van der Waals surface area contributed by atoms with E-state index in [-0.39, 0.29) is 6.09 Å². The summed E-state index contributed by atoms with van der Waals surface area (Å²) in [7, 11) is 0. The Balaban J connectivity index is 1.47. The van der Waals surface area contributed by atoms with Crippen molar-refractivity contribution in [2.75, 3.05) is 13.1 Å². The summed E-state index contributed by atoms with van der Waals surface area (Å²) in [6.45, 7) is 1.93. The first-order chi connectivity index (χ1) is 10.3. The smallest absolute Gasteiger partial charge is 0.410 e. The van der Waals surface area contributed by atoms with Crippen LogP contribution in [-0.2, 0) is 11.3 Å². The molecule has 0 bridgehead atoms. The number of rotatable bonds is 3. The van der Waals surface area contributed by atoms with Crippen LogP contribution in [0.2, 0.25) is 0 Å². The predicted molar refractivity (Wildman–Crippen MR) is 84.5 cm³/mol. The molecule has 0 atom stereocenters. The number of hydrogen-bond donors (Lipinski definition) is 0. The minimum absolute atomic E-state index is 0.191. The zero-order valence-corrected chi connectivity index (χ0v) is 12.7. The molecule has 4 heteroatoms. The molecule has 0 saturated carbocycles. The number of carbonyl (C=O) groups is 1. The van der Waals surface area contributed by atoms with Crippen molar-refractivity contribution in [3.63, 3.8) is 0 Å². The number of amides is 1. The fourth-order valence-electron chi connectivity index (χ4n) is 2.68. The third kappa shape index (κ3) is 3.64. The zero-order valence-electron chi connectivity index (χ0n) is 11.9. The highest BCUT2D eigenvalue weighted by atomic mass is 32.1. The maximum atomic E-state index is 12.1. The number of likely N-dealkylation sites (tertiary alicyclic amines) is 1. The van der Waals surface area contributed by atoms with E-state index in [1.165, 1.54) is 4.88 Å². The number of benzene rings is 1. The van der Waals surface area contributed by atoms with Gasteiger partial charge in [-0.05, 0) is 35.8 Å². The lowest BCUT2D eigenvalue weighted by molar-refractivity contribution is 0.0872. The SMILES string of the molecule is O=C(OCc1ccccc1)N1CCC(c2cccs2)CC1. The van der Waals surface area contributed by atoms with Gasteiger partial charge in [-0.2, -0.15) is 0 Å². The Hall–Kier alpha value is -1.81. The first-order valence-electron chi connectivity index (χ1n) is 7.32. The van der Waals surface area contributed by atoms with Crippen LogP contribution in [0.25, 0.3) is 0 Å². The molecule has 1 aliphatic heterocycles. The third-order valence-corrected chi connectivity index (χ3v) is 4.94. The standard InChI is InChI=1S/C17H19NO2S/c19-17(20-13-14-5-2-1-3-6-14)18-10-8-15(9-11-18)16-7-4-12-21-16/h1-7,12,15H,8-11,13H2. The lowest BCUT2D eigenvalue weighted by Crippen LogP contribution is -2.38. The van der Waals surface area contributed by atoms with Crippen molar-refractivity contribution in [3.05, 3.63) is 58.3 Å². The Morgan fingerprint density at radius 3 is 2.57 bits per heavy atom. The maximum absolute atomic E-state index is 12.1. The van der Waals surface area contributed by atoms with Crippen LogP contribution in [0.15, 0.2) is 47.8 Å². The molecule has 0 spiro atoms. The van der Waals surface area contributed by atoms with Gasteiger partial charge in [0.15, 0.2) is 0 Å². The van der Waals surface area contributed by atoms with Crippen molar-refractivity contribution in [1.82, 2.24) is 4.90 Å². The van der Waals surface area contributed by atoms with Crippen LogP contribution in [-0.4, -0.2) is 24.1 Å². The number of thiophene rings is 1. The van der Waals surface area contributed by atoms with Crippen LogP contribution in [0, 0.1) is 0 Å². The van der Waals surface area contributed by atoms with Crippen molar-refractivity contribution in [2.45, 2.75) is 25.4 Å². The molecular weight excluding hydrogens is 282 g/mol. The first kappa shape index (κ1) is 14.1. The third-order valence-electron chi connectivity index (χ3n) is 3.90. The van der Waals surface area contributed by atoms with Crippen molar-refractivity contribution >= 4 is 17.4 Å². The molecule has 110 valence electrons. The highest BCUT2D eigenvalue weighted by Gasteiger charge is 2.25. The van der Waals surface area contributed by atoms with Gasteiger partial charge in [-0.1, -0.05) is 36.4 Å². The summed E-state index contributed by atoms with van der Waals surface area (Å²) < 4.78 is 5.38. The van der Waals surface area contributed by atoms with E-state index in [4.69, 9.17) is 4.74 Å². The second kappa shape index (κ2) is 6.76. The summed E-state index contributed by atoms with van der Waals surface area (Å²) in [6.07, 6.45) is 1.87. The van der Waals surface area contributed by atoms with Gasteiger partial charge < -0.3 is 9.64 Å². The highest BCUT2D eigenvalue weighted by Crippen LogP contribution is 2.31. The van der Waals surface area contributed by atoms with Gasteiger partial charge in [0.25, 0.3) is 0 Å². The number of carbonyl (C=O) groups excluding carboxylic acids is 1. The van der Waals surface area contributed by atoms with Crippen LogP contribution in [0.3, 0.4) is 0 Å². The van der Waals surface area contributed by atoms with Crippen molar-refractivity contribution in [2.24, 2.45) is 0 Å². The van der Waals surface area contributed by atoms with Gasteiger partial charge in [-0.3, -0.25) is 0 Å². The molecule has 21 heavy (non-hydrogen) atoms. The molecule has 1 aliphatic rings. The minimum Gasteiger partial charge on any atom is -0.445 e. The maximum Gasteiger partial charge on any atom is 0.410 e. The molecule has 0 radical (unpaired) electrons. The quantitative estimate of drug-likeness (QED) is 0.847. The summed E-state index contributed by atoms with van der Waals surface area (Å²) in [5.74, 6) is 0.600. The zero-order chi connectivity index (χ0) is 14.5. The Kier molecular flexibility index (Phi) is 4.55. The molecule has 1 aromatic carbocycles. The van der Waals surface area contributed by atoms with E-state index < -0.39 is 0 Å². The summed E-state index contributed by atoms with van der Waals surface area (Å²) in [5, 5.41) is 2.12. The second-order valence-corrected chi connectivity index (χ2v) is 6.30. The molecule has 1 aromatic heterocycles. The molecular formula is C17H19NO2S. The van der Waals surface area contributed by atoms with Gasteiger partial charge in [-0.15, -0.1) is 11.3 Å². The Morgan fingerprint density at radius 2 is 1.90 bits per heavy atom. The van der Waals surface area contributed by atoms with E-state index in [2.05, 4.69) is 17.5 Å². The summed E-state index contributed by atoms with van der Waals surface area (Å²) in [6, 6.07) is 14.1. The van der Waals surface area contributed by atoms with Gasteiger partial charge >= 0.3 is 6.09 Å². The largest absolute Gasteiger partial charge is 0.445 e. The van der Waals surface area contributed by atoms with E-state index in [0.717, 1.165) is 31.5 Å². The van der Waals surface area contributed by atoms with Crippen molar-refractivity contribution < 1.29 is 9.53 Å². The van der Waals surface area contributed by atoms with E-state index >= 15 is 0 Å². The fraction of sp³-hybridized carbons (Fsp3) is 0.353. The number of ether oxygens (including phenoxy) is 1. The van der Waals surface area contributed by atoms with Crippen LogP contribution < -0.4 is 0 Å². The van der Waals surface area contributed by atoms with Gasteiger partial charge in [0, 0.05) is 18.0 Å². The first-order valence-corrected chi connectivity index (χ1v) is 8.20. The Bertz CT molecular complexity index is 560. The topological polar surface area (TPSA) is 29.5 Å². The van der Waals surface area contributed by atoms with Crippen LogP contribution in [0.4, 0.5) is 4.79 Å². The Labute approximate surface area is 129 Å². The van der Waals surface area contributed by atoms with Gasteiger partial charge in [0.1, 0.15) is 6.61 Å². The van der Waals surface area contributed by atoms with Gasteiger partial charge in [0.2, 0.25) is 0 Å². The molecule has 0 N–H and O–H groups in total. The number of piperidine rings is 1. The predicted octanol–water partition coefficient (Wildman–Crippen LogP) is 4.26. The average Bonchev–Trinajstić information content (AvgIpc) is 3.08. The Morgan fingerprint density at radius 1 is 1.14 bits per heavy atom. The fourth-order valence-corrected chi connectivity index (χ4v) is 3.58. The monoisotopic (exact) mass is 301 g/mol. The molecule has 2 aromatic rings. The lowest BCUT2D eigenvalue weighted by atomic mass is 9.95. The van der Waals surface area contributed by atoms with E-state index in [9.17, 15) is 4.79 Å².